The van der Waals surface area contributed by atoms with Gasteiger partial charge in [-0.05, 0) is 49.0 Å². The molecule has 0 spiro atoms. The van der Waals surface area contributed by atoms with Crippen LogP contribution in [0.2, 0.25) is 5.02 Å². The summed E-state index contributed by atoms with van der Waals surface area (Å²) in [6.45, 7) is 8.21. The average Bonchev–Trinajstić information content (AvgIpc) is 2.92. The number of ether oxygens (including phenoxy) is 1. The molecule has 0 unspecified atom stereocenters. The van der Waals surface area contributed by atoms with Crippen molar-refractivity contribution in [2.75, 3.05) is 49.9 Å². The van der Waals surface area contributed by atoms with Crippen LogP contribution in [0.5, 0.6) is 11.6 Å². The fourth-order valence-electron chi connectivity index (χ4n) is 4.37. The van der Waals surface area contributed by atoms with E-state index in [1.54, 1.807) is 13.3 Å². The van der Waals surface area contributed by atoms with Gasteiger partial charge in [0.25, 0.3) is 0 Å². The van der Waals surface area contributed by atoms with Gasteiger partial charge in [-0.1, -0.05) is 55.8 Å². The number of allylic oxidation sites excluding steroid dienone is 1. The number of aliphatic imine (C=N–C) groups is 1. The quantitative estimate of drug-likeness (QED) is 0.225. The lowest BCUT2D eigenvalue weighted by Crippen LogP contribution is -2.44. The Morgan fingerprint density at radius 3 is 2.64 bits per heavy atom. The maximum absolute atomic E-state index is 6.88. The van der Waals surface area contributed by atoms with Crippen LogP contribution in [0.4, 0.5) is 11.6 Å². The minimum Gasteiger partial charge on any atom is -0.437 e. The van der Waals surface area contributed by atoms with E-state index in [4.69, 9.17) is 27.1 Å². The molecule has 39 heavy (non-hydrogen) atoms. The molecule has 0 saturated carbocycles. The van der Waals surface area contributed by atoms with Gasteiger partial charge in [0.2, 0.25) is 11.8 Å². The van der Waals surface area contributed by atoms with E-state index in [9.17, 15) is 0 Å². The molecule has 1 aliphatic rings. The summed E-state index contributed by atoms with van der Waals surface area (Å²) in [5, 5.41) is 0.568. The van der Waals surface area contributed by atoms with E-state index in [1.807, 2.05) is 30.3 Å². The highest BCUT2D eigenvalue weighted by Gasteiger charge is 2.20. The molecule has 3 aromatic rings. The second-order valence-corrected chi connectivity index (χ2v) is 11.1. The van der Waals surface area contributed by atoms with Gasteiger partial charge in [-0.2, -0.15) is 4.98 Å². The molecule has 206 valence electrons. The van der Waals surface area contributed by atoms with E-state index < -0.39 is 0 Å². The molecule has 2 heterocycles. The first-order valence-electron chi connectivity index (χ1n) is 13.0. The highest BCUT2D eigenvalue weighted by atomic mass is 35.5. The highest BCUT2D eigenvalue weighted by Crippen LogP contribution is 2.38. The van der Waals surface area contributed by atoms with Crippen molar-refractivity contribution in [3.8, 4) is 22.9 Å². The number of hydrogen-bond acceptors (Lipinski definition) is 9. The van der Waals surface area contributed by atoms with Crippen LogP contribution >= 0.6 is 23.5 Å². The minimum atomic E-state index is 0.391. The van der Waals surface area contributed by atoms with Crippen molar-refractivity contribution in [2.24, 2.45) is 16.6 Å². The first-order chi connectivity index (χ1) is 18.9. The molecule has 10 heteroatoms. The zero-order valence-electron chi connectivity index (χ0n) is 22.9. The number of nitrogens with two attached hydrogens (primary N) is 1. The predicted octanol–water partition coefficient (Wildman–Crippen LogP) is 6.10. The smallest absolute Gasteiger partial charge is 0.237 e. The third-order valence-electron chi connectivity index (χ3n) is 6.31. The lowest BCUT2D eigenvalue weighted by atomic mass is 9.96. The largest absolute Gasteiger partial charge is 0.437 e. The molecule has 1 fully saturated rings. The molecule has 8 nitrogen and oxygen atoms in total. The molecule has 3 N–H and O–H groups in total. The Balaban J connectivity index is 1.69. The SMILES string of the molecule is CN=C/C(=C\N)SNc1nc(Oc2cccc(N3CCN(C)CC3)c2Cl)cc(-c2ccccc2CC(C)C)n1. The Hall–Kier alpha value is -3.27. The monoisotopic (exact) mass is 565 g/mol. The first-order valence-corrected chi connectivity index (χ1v) is 14.2. The number of benzene rings is 2. The molecule has 0 atom stereocenters. The van der Waals surface area contributed by atoms with Crippen molar-refractivity contribution >= 4 is 41.4 Å². The van der Waals surface area contributed by atoms with Crippen LogP contribution in [-0.2, 0) is 6.42 Å². The molecular formula is C29H36ClN7OS. The Bertz CT molecular complexity index is 1320. The standard InChI is InChI=1S/C29H36ClN7OS/c1-20(2)16-21-8-5-6-9-23(21)24-17-27(34-29(33-24)35-39-22(18-31)19-32-3)38-26-11-7-10-25(28(26)30)37-14-12-36(4)13-15-37/h5-11,17-20H,12-16,31H2,1-4H3,(H,33,34,35)/b22-18+,32-19?. The van der Waals surface area contributed by atoms with E-state index in [-0.39, 0.29) is 0 Å². The second-order valence-electron chi connectivity index (χ2n) is 9.81. The molecule has 0 bridgehead atoms. The van der Waals surface area contributed by atoms with E-state index in [0.29, 0.717) is 28.5 Å². The number of rotatable bonds is 10. The number of aromatic nitrogens is 2. The molecule has 0 aliphatic carbocycles. The molecule has 1 aromatic heterocycles. The molecule has 1 saturated heterocycles. The van der Waals surface area contributed by atoms with Crippen LogP contribution in [0, 0.1) is 5.92 Å². The number of halogens is 1. The van der Waals surface area contributed by atoms with Crippen molar-refractivity contribution in [3.05, 3.63) is 70.2 Å². The van der Waals surface area contributed by atoms with Gasteiger partial charge in [0.15, 0.2) is 0 Å². The number of likely N-dealkylation sites (N-methyl/N-ethyl adjacent to an activating group) is 1. The lowest BCUT2D eigenvalue weighted by Gasteiger charge is -2.34. The summed E-state index contributed by atoms with van der Waals surface area (Å²) in [7, 11) is 3.83. The first kappa shape index (κ1) is 28.7. The Morgan fingerprint density at radius 1 is 1.15 bits per heavy atom. The van der Waals surface area contributed by atoms with Gasteiger partial charge in [-0.25, -0.2) is 4.98 Å². The summed E-state index contributed by atoms with van der Waals surface area (Å²) in [4.78, 5) is 18.8. The van der Waals surface area contributed by atoms with Gasteiger partial charge in [-0.3, -0.25) is 9.71 Å². The number of nitrogens with one attached hydrogen (secondary N) is 1. The summed E-state index contributed by atoms with van der Waals surface area (Å²) < 4.78 is 9.52. The zero-order valence-corrected chi connectivity index (χ0v) is 24.5. The Kier molecular flexibility index (Phi) is 10.1. The van der Waals surface area contributed by atoms with E-state index in [0.717, 1.165) is 54.4 Å². The van der Waals surface area contributed by atoms with Gasteiger partial charge in [0.05, 0.1) is 16.3 Å². The van der Waals surface area contributed by atoms with Crippen LogP contribution < -0.4 is 20.1 Å². The summed E-state index contributed by atoms with van der Waals surface area (Å²) in [5.41, 5.74) is 9.71. The molecular weight excluding hydrogens is 530 g/mol. The van der Waals surface area contributed by atoms with Crippen molar-refractivity contribution in [2.45, 2.75) is 20.3 Å². The average molecular weight is 566 g/mol. The molecule has 2 aromatic carbocycles. The summed E-state index contributed by atoms with van der Waals surface area (Å²) in [6.07, 6.45) is 4.08. The van der Waals surface area contributed by atoms with E-state index in [1.165, 1.54) is 23.7 Å². The van der Waals surface area contributed by atoms with Gasteiger partial charge in [0, 0.05) is 57.3 Å². The van der Waals surface area contributed by atoms with Gasteiger partial charge in [0.1, 0.15) is 10.8 Å². The van der Waals surface area contributed by atoms with Crippen molar-refractivity contribution in [3.63, 3.8) is 0 Å². The number of piperazine rings is 1. The van der Waals surface area contributed by atoms with E-state index in [2.05, 4.69) is 63.6 Å². The van der Waals surface area contributed by atoms with Crippen LogP contribution in [-0.4, -0.2) is 61.4 Å². The summed E-state index contributed by atoms with van der Waals surface area (Å²) in [6, 6.07) is 16.0. The maximum atomic E-state index is 6.88. The fourth-order valence-corrected chi connectivity index (χ4v) is 5.18. The fraction of sp³-hybridized carbons (Fsp3) is 0.345. The Labute approximate surface area is 240 Å². The number of hydrogen-bond donors (Lipinski definition) is 2. The second kappa shape index (κ2) is 13.7. The predicted molar refractivity (Wildman–Crippen MR) is 165 cm³/mol. The normalized spacial score (nSPS) is 14.8. The van der Waals surface area contributed by atoms with Crippen LogP contribution in [0.3, 0.4) is 0 Å². The third-order valence-corrected chi connectivity index (χ3v) is 7.45. The van der Waals surface area contributed by atoms with Gasteiger partial charge >= 0.3 is 0 Å². The molecule has 4 rings (SSSR count). The van der Waals surface area contributed by atoms with Crippen LogP contribution in [0.1, 0.15) is 19.4 Å². The van der Waals surface area contributed by atoms with Gasteiger partial charge in [-0.15, -0.1) is 0 Å². The van der Waals surface area contributed by atoms with Crippen molar-refractivity contribution in [1.82, 2.24) is 14.9 Å². The summed E-state index contributed by atoms with van der Waals surface area (Å²) >= 11 is 8.16. The van der Waals surface area contributed by atoms with Gasteiger partial charge < -0.3 is 20.3 Å². The minimum absolute atomic E-state index is 0.391. The summed E-state index contributed by atoms with van der Waals surface area (Å²) in [5.74, 6) is 1.83. The van der Waals surface area contributed by atoms with E-state index >= 15 is 0 Å². The zero-order chi connectivity index (χ0) is 27.8. The Morgan fingerprint density at radius 2 is 1.92 bits per heavy atom. The third kappa shape index (κ3) is 7.65. The highest BCUT2D eigenvalue weighted by molar-refractivity contribution is 8.05. The molecule has 0 amide bonds. The maximum Gasteiger partial charge on any atom is 0.237 e. The van der Waals surface area contributed by atoms with Crippen molar-refractivity contribution in [1.29, 1.82) is 0 Å². The van der Waals surface area contributed by atoms with Crippen molar-refractivity contribution < 1.29 is 4.74 Å². The molecule has 1 aliphatic heterocycles. The van der Waals surface area contributed by atoms with Crippen LogP contribution in [0.25, 0.3) is 11.3 Å². The number of nitrogens with zero attached hydrogens (tertiary/aromatic N) is 5. The topological polar surface area (TPSA) is 91.9 Å². The lowest BCUT2D eigenvalue weighted by molar-refractivity contribution is 0.313. The van der Waals surface area contributed by atoms with Crippen LogP contribution in [0.15, 0.2) is 64.6 Å². The molecule has 0 radical (unpaired) electrons. The number of anilines is 2.